The maximum Gasteiger partial charge on any atom is 0.410 e. The van der Waals surface area contributed by atoms with Crippen LogP contribution in [-0.4, -0.2) is 75.5 Å². The second-order valence-electron chi connectivity index (χ2n) is 8.32. The summed E-state index contributed by atoms with van der Waals surface area (Å²) >= 11 is 0. The maximum atomic E-state index is 12.7. The lowest BCUT2D eigenvalue weighted by atomic mass is 10.2. The van der Waals surface area contributed by atoms with Gasteiger partial charge in [0, 0.05) is 46.3 Å². The zero-order valence-corrected chi connectivity index (χ0v) is 18.8. The van der Waals surface area contributed by atoms with E-state index in [0.29, 0.717) is 37.8 Å². The molecule has 1 heterocycles. The number of hydrogen-bond donors (Lipinski definition) is 2. The zero-order valence-electron chi connectivity index (χ0n) is 18.8. The van der Waals surface area contributed by atoms with Crippen molar-refractivity contribution in [1.82, 2.24) is 15.5 Å². The van der Waals surface area contributed by atoms with Crippen molar-refractivity contribution in [2.24, 2.45) is 4.99 Å². The normalized spacial score (nSPS) is 17.0. The molecule has 1 aromatic rings. The molecule has 1 fully saturated rings. The Hall–Kier alpha value is -2.78. The number of rotatable bonds is 7. The first-order valence-corrected chi connectivity index (χ1v) is 10.3. The second-order valence-corrected chi connectivity index (χ2v) is 8.32. The molecule has 0 bridgehead atoms. The van der Waals surface area contributed by atoms with Gasteiger partial charge in [-0.2, -0.15) is 8.78 Å². The number of guanidine groups is 1. The number of aliphatic imine (C=N–C) groups is 1. The first kappa shape index (κ1) is 24.5. The summed E-state index contributed by atoms with van der Waals surface area (Å²) in [4.78, 5) is 19.8. The molecule has 1 atom stereocenters. The van der Waals surface area contributed by atoms with Gasteiger partial charge in [0.05, 0.1) is 5.69 Å². The molecule has 2 N–H and O–H groups in total. The van der Waals surface area contributed by atoms with Crippen LogP contribution in [0, 0.1) is 0 Å². The predicted molar refractivity (Wildman–Crippen MR) is 117 cm³/mol. The molecule has 0 aromatic heterocycles. The van der Waals surface area contributed by atoms with Crippen molar-refractivity contribution in [3.05, 3.63) is 24.3 Å². The van der Waals surface area contributed by atoms with Crippen LogP contribution in [0.4, 0.5) is 19.3 Å². The Morgan fingerprint density at radius 1 is 1.35 bits per heavy atom. The molecule has 8 nitrogen and oxygen atoms in total. The summed E-state index contributed by atoms with van der Waals surface area (Å²) in [6, 6.07) is 6.89. The van der Waals surface area contributed by atoms with Crippen molar-refractivity contribution >= 4 is 17.7 Å². The van der Waals surface area contributed by atoms with Crippen molar-refractivity contribution in [1.29, 1.82) is 0 Å². The molecule has 0 aliphatic carbocycles. The van der Waals surface area contributed by atoms with Gasteiger partial charge in [0.25, 0.3) is 0 Å². The van der Waals surface area contributed by atoms with Crippen LogP contribution >= 0.6 is 0 Å². The largest absolute Gasteiger partial charge is 0.444 e. The fourth-order valence-electron chi connectivity index (χ4n) is 3.17. The lowest BCUT2D eigenvalue weighted by Crippen LogP contribution is -2.47. The standard InChI is InChI=1S/C21H33F2N5O3/c1-21(2,3)31-20(29)27(5)13-11-25-19(24-4)26-15-10-12-28(14-15)16-8-6-7-9-17(16)30-18(22)23/h6-9,15,18H,10-14H2,1-5H3,(H2,24,25,26). The smallest absolute Gasteiger partial charge is 0.410 e. The minimum absolute atomic E-state index is 0.0920. The molecule has 1 saturated heterocycles. The number of carbonyl (C=O) groups excluding carboxylic acids is 1. The van der Waals surface area contributed by atoms with Gasteiger partial charge in [0.15, 0.2) is 5.96 Å². The van der Waals surface area contributed by atoms with Crippen molar-refractivity contribution in [2.45, 2.75) is 45.4 Å². The molecule has 2 rings (SSSR count). The Morgan fingerprint density at radius 3 is 2.71 bits per heavy atom. The van der Waals surface area contributed by atoms with E-state index < -0.39 is 12.2 Å². The number of benzene rings is 1. The van der Waals surface area contributed by atoms with E-state index >= 15 is 0 Å². The number of ether oxygens (including phenoxy) is 2. The number of carbonyl (C=O) groups is 1. The number of nitrogens with zero attached hydrogens (tertiary/aromatic N) is 3. The fourth-order valence-corrected chi connectivity index (χ4v) is 3.17. The highest BCUT2D eigenvalue weighted by atomic mass is 19.3. The molecule has 1 amide bonds. The number of halogens is 2. The summed E-state index contributed by atoms with van der Waals surface area (Å²) in [5.74, 6) is 0.785. The average Bonchev–Trinajstić information content (AvgIpc) is 3.14. The number of nitrogens with one attached hydrogen (secondary N) is 2. The van der Waals surface area contributed by atoms with Crippen LogP contribution in [0.15, 0.2) is 29.3 Å². The summed E-state index contributed by atoms with van der Waals surface area (Å²) in [6.07, 6.45) is 0.440. The van der Waals surface area contributed by atoms with Crippen molar-refractivity contribution in [3.8, 4) is 5.75 Å². The summed E-state index contributed by atoms with van der Waals surface area (Å²) in [7, 11) is 3.35. The molecule has 10 heteroatoms. The third-order valence-electron chi connectivity index (χ3n) is 4.62. The molecular weight excluding hydrogens is 408 g/mol. The lowest BCUT2D eigenvalue weighted by Gasteiger charge is -2.25. The minimum atomic E-state index is -2.86. The highest BCUT2D eigenvalue weighted by molar-refractivity contribution is 5.80. The SMILES string of the molecule is CN=C(NCCN(C)C(=O)OC(C)(C)C)NC1CCN(c2ccccc2OC(F)F)C1. The molecule has 174 valence electrons. The van der Waals surface area contributed by atoms with Gasteiger partial charge >= 0.3 is 12.7 Å². The van der Waals surface area contributed by atoms with Crippen LogP contribution in [0.2, 0.25) is 0 Å². The lowest BCUT2D eigenvalue weighted by molar-refractivity contribution is -0.0495. The number of para-hydroxylation sites is 2. The van der Waals surface area contributed by atoms with Gasteiger partial charge in [-0.1, -0.05) is 12.1 Å². The van der Waals surface area contributed by atoms with E-state index in [0.717, 1.165) is 6.42 Å². The Bertz CT molecular complexity index is 755. The first-order chi connectivity index (χ1) is 14.6. The molecule has 0 saturated carbocycles. The quantitative estimate of drug-likeness (QED) is 0.501. The molecule has 0 radical (unpaired) electrons. The molecule has 1 aliphatic heterocycles. The van der Waals surface area contributed by atoms with Gasteiger partial charge in [-0.05, 0) is 39.3 Å². The van der Waals surface area contributed by atoms with E-state index in [2.05, 4.69) is 20.4 Å². The Morgan fingerprint density at radius 2 is 2.06 bits per heavy atom. The molecule has 1 aliphatic rings. The van der Waals surface area contributed by atoms with E-state index in [9.17, 15) is 13.6 Å². The Balaban J connectivity index is 1.82. The van der Waals surface area contributed by atoms with Crippen LogP contribution in [0.5, 0.6) is 5.75 Å². The van der Waals surface area contributed by atoms with Crippen LogP contribution in [0.3, 0.4) is 0 Å². The minimum Gasteiger partial charge on any atom is -0.444 e. The Labute approximate surface area is 182 Å². The number of hydrogen-bond acceptors (Lipinski definition) is 5. The van der Waals surface area contributed by atoms with E-state index in [1.807, 2.05) is 25.7 Å². The Kier molecular flexibility index (Phi) is 8.70. The monoisotopic (exact) mass is 441 g/mol. The third-order valence-corrected chi connectivity index (χ3v) is 4.62. The number of amides is 1. The van der Waals surface area contributed by atoms with Gasteiger partial charge < -0.3 is 29.9 Å². The van der Waals surface area contributed by atoms with Crippen molar-refractivity contribution in [2.75, 3.05) is 45.2 Å². The molecule has 1 unspecified atom stereocenters. The second kappa shape index (κ2) is 11.0. The van der Waals surface area contributed by atoms with Gasteiger partial charge in [-0.25, -0.2) is 4.79 Å². The molecular formula is C21H33F2N5O3. The first-order valence-electron chi connectivity index (χ1n) is 10.3. The zero-order chi connectivity index (χ0) is 23.0. The van der Waals surface area contributed by atoms with Crippen LogP contribution in [0.25, 0.3) is 0 Å². The highest BCUT2D eigenvalue weighted by Gasteiger charge is 2.26. The van der Waals surface area contributed by atoms with Crippen molar-refractivity contribution < 1.29 is 23.0 Å². The van der Waals surface area contributed by atoms with E-state index in [1.165, 1.54) is 4.90 Å². The van der Waals surface area contributed by atoms with Crippen LogP contribution in [-0.2, 0) is 4.74 Å². The molecule has 31 heavy (non-hydrogen) atoms. The summed E-state index contributed by atoms with van der Waals surface area (Å²) in [6.45, 7) is 4.89. The van der Waals surface area contributed by atoms with E-state index in [-0.39, 0.29) is 17.9 Å². The fraction of sp³-hybridized carbons (Fsp3) is 0.619. The van der Waals surface area contributed by atoms with Gasteiger partial charge in [0.1, 0.15) is 11.4 Å². The third kappa shape index (κ3) is 8.10. The molecule has 1 aromatic carbocycles. The van der Waals surface area contributed by atoms with Crippen molar-refractivity contribution in [3.63, 3.8) is 0 Å². The summed E-state index contributed by atoms with van der Waals surface area (Å²) < 4.78 is 35.3. The van der Waals surface area contributed by atoms with Crippen LogP contribution in [0.1, 0.15) is 27.2 Å². The maximum absolute atomic E-state index is 12.7. The molecule has 0 spiro atoms. The number of likely N-dealkylation sites (N-methyl/N-ethyl adjacent to an activating group) is 1. The topological polar surface area (TPSA) is 78.4 Å². The van der Waals surface area contributed by atoms with E-state index in [4.69, 9.17) is 4.74 Å². The van der Waals surface area contributed by atoms with Gasteiger partial charge in [-0.15, -0.1) is 0 Å². The van der Waals surface area contributed by atoms with E-state index in [1.54, 1.807) is 38.4 Å². The number of alkyl halides is 2. The predicted octanol–water partition coefficient (Wildman–Crippen LogP) is 2.90. The highest BCUT2D eigenvalue weighted by Crippen LogP contribution is 2.31. The number of anilines is 1. The summed E-state index contributed by atoms with van der Waals surface area (Å²) in [5.41, 5.74) is 0.109. The van der Waals surface area contributed by atoms with Gasteiger partial charge in [-0.3, -0.25) is 4.99 Å². The van der Waals surface area contributed by atoms with Gasteiger partial charge in [0.2, 0.25) is 0 Å². The summed E-state index contributed by atoms with van der Waals surface area (Å²) in [5, 5.41) is 6.52. The average molecular weight is 442 g/mol. The van der Waals surface area contributed by atoms with Crippen LogP contribution < -0.4 is 20.3 Å².